The lowest BCUT2D eigenvalue weighted by Gasteiger charge is -2.08. The normalized spacial score (nSPS) is 16.1. The van der Waals surface area contributed by atoms with Crippen molar-refractivity contribution in [2.45, 2.75) is 44.4 Å². The number of carbonyl (C=O) groups is 1. The van der Waals surface area contributed by atoms with E-state index in [1.165, 1.54) is 25.4 Å². The fraction of sp³-hybridized carbons (Fsp3) is 0.500. The van der Waals surface area contributed by atoms with Gasteiger partial charge in [-0.15, -0.1) is 10.2 Å². The number of nitrogens with zero attached hydrogens (tertiary/aromatic N) is 4. The van der Waals surface area contributed by atoms with Crippen molar-refractivity contribution in [3.05, 3.63) is 29.3 Å². The Morgan fingerprint density at radius 2 is 2.14 bits per heavy atom. The molecule has 0 aliphatic heterocycles. The standard InChI is InChI=1S/C14H18N4O2S/c1-9-6-12(10(2)18(9)11-4-5-11)13(19)7-17-8-15-16-14(17)21(3)20/h6,8,11H,4-5,7H2,1-3H3/t21-/m0/s1. The van der Waals surface area contributed by atoms with Gasteiger partial charge < -0.3 is 4.57 Å². The van der Waals surface area contributed by atoms with Gasteiger partial charge in [-0.05, 0) is 32.8 Å². The van der Waals surface area contributed by atoms with Crippen molar-refractivity contribution in [2.24, 2.45) is 0 Å². The van der Waals surface area contributed by atoms with E-state index in [2.05, 4.69) is 14.8 Å². The monoisotopic (exact) mass is 306 g/mol. The Bertz CT molecular complexity index is 727. The van der Waals surface area contributed by atoms with Crippen LogP contribution in [0, 0.1) is 13.8 Å². The summed E-state index contributed by atoms with van der Waals surface area (Å²) in [6.07, 6.45) is 5.36. The third-order valence-electron chi connectivity index (χ3n) is 3.85. The van der Waals surface area contributed by atoms with Crippen molar-refractivity contribution in [3.63, 3.8) is 0 Å². The molecule has 0 amide bonds. The van der Waals surface area contributed by atoms with Gasteiger partial charge in [0.1, 0.15) is 6.33 Å². The highest BCUT2D eigenvalue weighted by Crippen LogP contribution is 2.38. The maximum absolute atomic E-state index is 12.5. The SMILES string of the molecule is Cc1cc(C(=O)Cn2cnnc2[S@](C)=O)c(C)n1C1CC1. The smallest absolute Gasteiger partial charge is 0.221 e. The summed E-state index contributed by atoms with van der Waals surface area (Å²) in [5.41, 5.74) is 2.88. The zero-order valence-electron chi connectivity index (χ0n) is 12.4. The number of aryl methyl sites for hydroxylation is 1. The van der Waals surface area contributed by atoms with E-state index in [0.717, 1.165) is 17.0 Å². The molecule has 0 N–H and O–H groups in total. The molecule has 2 heterocycles. The van der Waals surface area contributed by atoms with Gasteiger partial charge in [0.2, 0.25) is 5.16 Å². The molecule has 0 spiro atoms. The molecule has 2 aromatic heterocycles. The van der Waals surface area contributed by atoms with Crippen molar-refractivity contribution < 1.29 is 9.00 Å². The molecule has 1 saturated carbocycles. The molecule has 0 radical (unpaired) electrons. The fourth-order valence-corrected chi connectivity index (χ4v) is 3.37. The van der Waals surface area contributed by atoms with Gasteiger partial charge in [-0.25, -0.2) is 0 Å². The second-order valence-corrected chi connectivity index (χ2v) is 6.78. The average molecular weight is 306 g/mol. The first-order chi connectivity index (χ1) is 9.99. The molecule has 1 aliphatic rings. The van der Waals surface area contributed by atoms with Crippen LogP contribution in [0.4, 0.5) is 0 Å². The van der Waals surface area contributed by atoms with Crippen LogP contribution in [0.15, 0.2) is 17.6 Å². The van der Waals surface area contributed by atoms with Crippen molar-refractivity contribution in [3.8, 4) is 0 Å². The van der Waals surface area contributed by atoms with Crippen LogP contribution in [-0.4, -0.2) is 35.6 Å². The molecule has 0 aromatic carbocycles. The lowest BCUT2D eigenvalue weighted by molar-refractivity contribution is 0.0968. The lowest BCUT2D eigenvalue weighted by atomic mass is 10.1. The third-order valence-corrected chi connectivity index (χ3v) is 4.68. The number of rotatable bonds is 5. The summed E-state index contributed by atoms with van der Waals surface area (Å²) in [6.45, 7) is 4.15. The van der Waals surface area contributed by atoms with E-state index in [-0.39, 0.29) is 12.3 Å². The zero-order chi connectivity index (χ0) is 15.1. The first kappa shape index (κ1) is 14.2. The molecule has 112 valence electrons. The molecule has 0 saturated heterocycles. The molecule has 21 heavy (non-hydrogen) atoms. The van der Waals surface area contributed by atoms with Crippen LogP contribution >= 0.6 is 0 Å². The second kappa shape index (κ2) is 5.22. The molecule has 1 aliphatic carbocycles. The second-order valence-electron chi connectivity index (χ2n) is 5.50. The maximum Gasteiger partial charge on any atom is 0.221 e. The molecule has 7 heteroatoms. The molecule has 6 nitrogen and oxygen atoms in total. The average Bonchev–Trinajstić information content (AvgIpc) is 3.05. The first-order valence-electron chi connectivity index (χ1n) is 6.92. The van der Waals surface area contributed by atoms with E-state index in [1.807, 2.05) is 19.9 Å². The van der Waals surface area contributed by atoms with Gasteiger partial charge in [-0.3, -0.25) is 13.6 Å². The van der Waals surface area contributed by atoms with Gasteiger partial charge in [0.05, 0.1) is 17.3 Å². The van der Waals surface area contributed by atoms with Gasteiger partial charge in [-0.2, -0.15) is 0 Å². The van der Waals surface area contributed by atoms with E-state index >= 15 is 0 Å². The largest absolute Gasteiger partial charge is 0.345 e. The minimum atomic E-state index is -1.25. The molecule has 0 unspecified atom stereocenters. The van der Waals surface area contributed by atoms with Gasteiger partial charge >= 0.3 is 0 Å². The summed E-state index contributed by atoms with van der Waals surface area (Å²) >= 11 is 0. The fourth-order valence-electron chi connectivity index (χ4n) is 2.77. The van der Waals surface area contributed by atoms with Crippen LogP contribution in [-0.2, 0) is 17.3 Å². The van der Waals surface area contributed by atoms with Gasteiger partial charge in [0.15, 0.2) is 5.78 Å². The summed E-state index contributed by atoms with van der Waals surface area (Å²) in [4.78, 5) is 12.5. The molecule has 2 aromatic rings. The Labute approximate surface area is 125 Å². The van der Waals surface area contributed by atoms with Crippen LogP contribution in [0.25, 0.3) is 0 Å². The highest BCUT2D eigenvalue weighted by atomic mass is 32.2. The van der Waals surface area contributed by atoms with E-state index in [0.29, 0.717) is 11.2 Å². The summed E-state index contributed by atoms with van der Waals surface area (Å²) < 4.78 is 15.3. The predicted molar refractivity (Wildman–Crippen MR) is 78.9 cm³/mol. The number of ketones is 1. The van der Waals surface area contributed by atoms with Crippen LogP contribution in [0.5, 0.6) is 0 Å². The van der Waals surface area contributed by atoms with Gasteiger partial charge in [0.25, 0.3) is 0 Å². The Hall–Kier alpha value is -1.76. The summed E-state index contributed by atoms with van der Waals surface area (Å²) in [6, 6.07) is 2.50. The van der Waals surface area contributed by atoms with Gasteiger partial charge in [-0.1, -0.05) is 0 Å². The summed E-state index contributed by atoms with van der Waals surface area (Å²) in [5, 5.41) is 7.87. The summed E-state index contributed by atoms with van der Waals surface area (Å²) in [5.74, 6) is 0.00139. The molecular weight excluding hydrogens is 288 g/mol. The molecule has 1 fully saturated rings. The minimum Gasteiger partial charge on any atom is -0.345 e. The first-order valence-corrected chi connectivity index (χ1v) is 8.47. The van der Waals surface area contributed by atoms with E-state index in [9.17, 15) is 9.00 Å². The predicted octanol–water partition coefficient (Wildman–Crippen LogP) is 1.65. The topological polar surface area (TPSA) is 69.8 Å². The Kier molecular flexibility index (Phi) is 3.52. The van der Waals surface area contributed by atoms with Gasteiger partial charge in [0, 0.05) is 29.2 Å². The van der Waals surface area contributed by atoms with Crippen LogP contribution in [0.2, 0.25) is 0 Å². The third kappa shape index (κ3) is 2.57. The quantitative estimate of drug-likeness (QED) is 0.788. The number of carbonyl (C=O) groups excluding carboxylic acids is 1. The number of aromatic nitrogens is 4. The lowest BCUT2D eigenvalue weighted by Crippen LogP contribution is -2.14. The highest BCUT2D eigenvalue weighted by molar-refractivity contribution is 7.84. The molecule has 1 atom stereocenters. The highest BCUT2D eigenvalue weighted by Gasteiger charge is 2.28. The van der Waals surface area contributed by atoms with Crippen molar-refractivity contribution in [2.75, 3.05) is 6.26 Å². The van der Waals surface area contributed by atoms with Crippen LogP contribution < -0.4 is 0 Å². The molecule has 0 bridgehead atoms. The molecular formula is C14H18N4O2S. The number of hydrogen-bond acceptors (Lipinski definition) is 4. The Morgan fingerprint density at radius 1 is 1.43 bits per heavy atom. The van der Waals surface area contributed by atoms with E-state index in [1.54, 1.807) is 4.57 Å². The van der Waals surface area contributed by atoms with Crippen molar-refractivity contribution in [1.82, 2.24) is 19.3 Å². The number of Topliss-reactive ketones (excluding diaryl/α,β-unsaturated/α-hetero) is 1. The number of hydrogen-bond donors (Lipinski definition) is 0. The van der Waals surface area contributed by atoms with Crippen molar-refractivity contribution in [1.29, 1.82) is 0 Å². The summed E-state index contributed by atoms with van der Waals surface area (Å²) in [7, 11) is -1.25. The molecule has 3 rings (SSSR count). The van der Waals surface area contributed by atoms with E-state index < -0.39 is 10.8 Å². The Balaban J connectivity index is 1.87. The van der Waals surface area contributed by atoms with Crippen LogP contribution in [0.3, 0.4) is 0 Å². The minimum absolute atomic E-state index is 0.00139. The zero-order valence-corrected chi connectivity index (χ0v) is 13.2. The van der Waals surface area contributed by atoms with Crippen LogP contribution in [0.1, 0.15) is 40.6 Å². The maximum atomic E-state index is 12.5. The Morgan fingerprint density at radius 3 is 2.76 bits per heavy atom. The van der Waals surface area contributed by atoms with Crippen molar-refractivity contribution >= 4 is 16.6 Å². The van der Waals surface area contributed by atoms with E-state index in [4.69, 9.17) is 0 Å².